The molecule has 3 aromatic rings. The molecule has 0 atom stereocenters. The number of piperidine rings is 1. The highest BCUT2D eigenvalue weighted by atomic mass is 32.2. The Hall–Kier alpha value is -2.65. The van der Waals surface area contributed by atoms with Crippen LogP contribution in [0.5, 0.6) is 0 Å². The quantitative estimate of drug-likeness (QED) is 0.627. The number of nitrogens with one attached hydrogen (secondary N) is 1. The van der Waals surface area contributed by atoms with Crippen molar-refractivity contribution in [2.45, 2.75) is 51.5 Å². The fourth-order valence-corrected chi connectivity index (χ4v) is 5.65. The average Bonchev–Trinajstić information content (AvgIpc) is 3.30. The predicted octanol–water partition coefficient (Wildman–Crippen LogP) is 3.47. The van der Waals surface area contributed by atoms with E-state index in [0.717, 1.165) is 24.3 Å². The minimum atomic E-state index is -3.80. The highest BCUT2D eigenvalue weighted by molar-refractivity contribution is 7.89. The Morgan fingerprint density at radius 1 is 1.00 bits per heavy atom. The van der Waals surface area contributed by atoms with Gasteiger partial charge in [0.05, 0.1) is 5.56 Å². The van der Waals surface area contributed by atoms with Crippen LogP contribution >= 0.6 is 0 Å². The maximum Gasteiger partial charge on any atom is 0.250 e. The highest BCUT2D eigenvalue weighted by Crippen LogP contribution is 2.34. The van der Waals surface area contributed by atoms with Crippen LogP contribution in [0.15, 0.2) is 33.6 Å². The fourth-order valence-electron chi connectivity index (χ4n) is 4.12. The van der Waals surface area contributed by atoms with Crippen molar-refractivity contribution in [2.75, 3.05) is 18.0 Å². The van der Waals surface area contributed by atoms with Gasteiger partial charge in [0.15, 0.2) is 0 Å². The summed E-state index contributed by atoms with van der Waals surface area (Å²) in [5.41, 5.74) is 3.93. The molecule has 1 fully saturated rings. The van der Waals surface area contributed by atoms with Gasteiger partial charge in [0.1, 0.15) is 4.90 Å². The number of hydrogen-bond donors (Lipinski definition) is 1. The van der Waals surface area contributed by atoms with Gasteiger partial charge in [-0.05, 0) is 50.8 Å². The van der Waals surface area contributed by atoms with Crippen LogP contribution in [0, 0.1) is 20.8 Å². The van der Waals surface area contributed by atoms with E-state index in [1.165, 1.54) is 24.9 Å². The molecule has 31 heavy (non-hydrogen) atoms. The Kier molecular flexibility index (Phi) is 5.90. The number of aromatic nitrogens is 3. The number of rotatable bonds is 6. The van der Waals surface area contributed by atoms with E-state index in [9.17, 15) is 8.42 Å². The maximum atomic E-state index is 13.3. The van der Waals surface area contributed by atoms with Gasteiger partial charge in [-0.25, -0.2) is 13.1 Å². The Morgan fingerprint density at radius 2 is 1.68 bits per heavy atom. The normalized spacial score (nSPS) is 14.9. The van der Waals surface area contributed by atoms with E-state index in [4.69, 9.17) is 4.42 Å². The summed E-state index contributed by atoms with van der Waals surface area (Å²) in [5.74, 6) is 0.603. The zero-order valence-corrected chi connectivity index (χ0v) is 19.3. The molecule has 9 heteroatoms. The molecule has 0 amide bonds. The van der Waals surface area contributed by atoms with Crippen LogP contribution in [0.2, 0.25) is 0 Å². The smallest absolute Gasteiger partial charge is 0.250 e. The molecule has 1 aliphatic heterocycles. The van der Waals surface area contributed by atoms with E-state index in [0.29, 0.717) is 17.1 Å². The molecule has 0 radical (unpaired) electrons. The van der Waals surface area contributed by atoms with Gasteiger partial charge in [0.25, 0.3) is 5.89 Å². The Balaban J connectivity index is 1.56. The summed E-state index contributed by atoms with van der Waals surface area (Å²) in [6.45, 7) is 7.68. The first-order valence-corrected chi connectivity index (χ1v) is 12.1. The van der Waals surface area contributed by atoms with E-state index in [1.54, 1.807) is 13.8 Å². The third-order valence-electron chi connectivity index (χ3n) is 6.06. The second kappa shape index (κ2) is 8.47. The lowest BCUT2D eigenvalue weighted by Crippen LogP contribution is -2.29. The first-order chi connectivity index (χ1) is 14.8. The molecule has 1 N–H and O–H groups in total. The zero-order valence-electron chi connectivity index (χ0n) is 18.5. The van der Waals surface area contributed by atoms with Crippen LogP contribution in [0.1, 0.15) is 42.1 Å². The summed E-state index contributed by atoms with van der Waals surface area (Å²) in [5, 5.41) is 7.91. The summed E-state index contributed by atoms with van der Waals surface area (Å²) >= 11 is 0. The number of hydrogen-bond acceptors (Lipinski definition) is 6. The minimum Gasteiger partial charge on any atom is -0.421 e. The molecule has 1 saturated heterocycles. The second-order valence-electron chi connectivity index (χ2n) is 8.10. The van der Waals surface area contributed by atoms with E-state index in [-0.39, 0.29) is 17.3 Å². The first-order valence-electron chi connectivity index (χ1n) is 10.6. The van der Waals surface area contributed by atoms with Crippen molar-refractivity contribution in [3.63, 3.8) is 0 Å². The molecule has 0 spiro atoms. The molecule has 8 nitrogen and oxygen atoms in total. The van der Waals surface area contributed by atoms with E-state index in [2.05, 4.69) is 32.0 Å². The van der Waals surface area contributed by atoms with E-state index in [1.807, 2.05) is 30.7 Å². The summed E-state index contributed by atoms with van der Waals surface area (Å²) in [4.78, 5) is 2.56. The molecule has 0 saturated carbocycles. The first kappa shape index (κ1) is 21.6. The molecule has 1 aromatic carbocycles. The molecule has 0 unspecified atom stereocenters. The molecule has 1 aliphatic rings. The lowest BCUT2D eigenvalue weighted by Gasteiger charge is -2.28. The van der Waals surface area contributed by atoms with Gasteiger partial charge in [-0.15, -0.1) is 10.2 Å². The average molecular weight is 444 g/mol. The zero-order chi connectivity index (χ0) is 22.2. The molecule has 0 bridgehead atoms. The van der Waals surface area contributed by atoms with Gasteiger partial charge >= 0.3 is 0 Å². The van der Waals surface area contributed by atoms with Crippen molar-refractivity contribution in [1.29, 1.82) is 0 Å². The van der Waals surface area contributed by atoms with Crippen molar-refractivity contribution in [3.05, 3.63) is 47.1 Å². The van der Waals surface area contributed by atoms with Crippen LogP contribution < -0.4 is 9.62 Å². The van der Waals surface area contributed by atoms with Crippen LogP contribution in [-0.4, -0.2) is 36.3 Å². The molecular weight excluding hydrogens is 414 g/mol. The molecule has 3 heterocycles. The molecular formula is C22H29N5O3S. The SMILES string of the molecule is Cc1nnc(-c2c(S(=O)(=O)NCc3ccc(N4CCCCC4)cc3)c(C)n(C)c2C)o1. The van der Waals surface area contributed by atoms with Gasteiger partial charge in [0.2, 0.25) is 15.9 Å². The third kappa shape index (κ3) is 4.24. The maximum absolute atomic E-state index is 13.3. The summed E-state index contributed by atoms with van der Waals surface area (Å²) < 4.78 is 36.7. The molecule has 2 aromatic heterocycles. The number of benzene rings is 1. The lowest BCUT2D eigenvalue weighted by molar-refractivity contribution is 0.530. The standard InChI is InChI=1S/C22H29N5O3S/c1-15-20(22-25-24-17(3)30-22)21(16(2)26(15)4)31(28,29)23-14-18-8-10-19(11-9-18)27-12-6-5-7-13-27/h8-11,23H,5-7,12-14H2,1-4H3. The van der Waals surface area contributed by atoms with Crippen LogP contribution in [0.3, 0.4) is 0 Å². The molecule has 4 rings (SSSR count). The summed E-state index contributed by atoms with van der Waals surface area (Å²) in [6.07, 6.45) is 3.73. The largest absolute Gasteiger partial charge is 0.421 e. The van der Waals surface area contributed by atoms with Crippen LogP contribution in [-0.2, 0) is 23.6 Å². The number of sulfonamides is 1. The number of anilines is 1. The van der Waals surface area contributed by atoms with Gasteiger partial charge in [0, 0.05) is 50.7 Å². The Bertz CT molecular complexity index is 1170. The topological polar surface area (TPSA) is 93.3 Å². The Labute approximate surface area is 183 Å². The van der Waals surface area contributed by atoms with Crippen molar-refractivity contribution in [2.24, 2.45) is 7.05 Å². The van der Waals surface area contributed by atoms with Crippen molar-refractivity contribution in [3.8, 4) is 11.5 Å². The number of aryl methyl sites for hydroxylation is 1. The molecule has 0 aliphatic carbocycles. The van der Waals surface area contributed by atoms with Gasteiger partial charge in [-0.2, -0.15) is 0 Å². The Morgan fingerprint density at radius 3 is 2.29 bits per heavy atom. The molecule has 166 valence electrons. The van der Waals surface area contributed by atoms with Gasteiger partial charge < -0.3 is 13.9 Å². The summed E-state index contributed by atoms with van der Waals surface area (Å²) in [6, 6.07) is 8.11. The second-order valence-corrected chi connectivity index (χ2v) is 9.80. The highest BCUT2D eigenvalue weighted by Gasteiger charge is 2.30. The predicted molar refractivity (Wildman–Crippen MR) is 119 cm³/mol. The van der Waals surface area contributed by atoms with Crippen molar-refractivity contribution >= 4 is 15.7 Å². The van der Waals surface area contributed by atoms with Crippen LogP contribution in [0.25, 0.3) is 11.5 Å². The lowest BCUT2D eigenvalue weighted by atomic mass is 10.1. The van der Waals surface area contributed by atoms with Gasteiger partial charge in [-0.1, -0.05) is 12.1 Å². The van der Waals surface area contributed by atoms with Crippen molar-refractivity contribution < 1.29 is 12.8 Å². The monoisotopic (exact) mass is 443 g/mol. The van der Waals surface area contributed by atoms with E-state index < -0.39 is 10.0 Å². The van der Waals surface area contributed by atoms with Crippen LogP contribution in [0.4, 0.5) is 5.69 Å². The summed E-state index contributed by atoms with van der Waals surface area (Å²) in [7, 11) is -1.97. The fraction of sp³-hybridized carbons (Fsp3) is 0.455. The van der Waals surface area contributed by atoms with Gasteiger partial charge in [-0.3, -0.25) is 0 Å². The third-order valence-corrected chi connectivity index (χ3v) is 7.62. The van der Waals surface area contributed by atoms with Crippen molar-refractivity contribution in [1.82, 2.24) is 19.5 Å². The minimum absolute atomic E-state index is 0.182. The number of nitrogens with zero attached hydrogens (tertiary/aromatic N) is 4. The van der Waals surface area contributed by atoms with E-state index >= 15 is 0 Å².